The maximum atomic E-state index is 12.2. The highest BCUT2D eigenvalue weighted by molar-refractivity contribution is 8.00. The van der Waals surface area contributed by atoms with Crippen molar-refractivity contribution in [2.75, 3.05) is 5.88 Å². The SMILES string of the molecule is O=C(CCl)Cc1ccc(Cl)c(SC(F)(F)F)c1. The molecule has 0 aliphatic rings. The van der Waals surface area contributed by atoms with Gasteiger partial charge in [-0.2, -0.15) is 13.2 Å². The number of Topliss-reactive ketones (excluding diaryl/α,β-unsaturated/α-hetero) is 1. The normalized spacial score (nSPS) is 11.6. The number of rotatable bonds is 4. The number of carbonyl (C=O) groups is 1. The molecule has 0 unspecified atom stereocenters. The first kappa shape index (κ1) is 14.7. The summed E-state index contributed by atoms with van der Waals surface area (Å²) in [5, 5.41) is 0.00870. The summed E-state index contributed by atoms with van der Waals surface area (Å²) in [4.78, 5) is 11.0. The summed E-state index contributed by atoms with van der Waals surface area (Å²) in [7, 11) is 0. The van der Waals surface area contributed by atoms with Crippen LogP contribution in [0.2, 0.25) is 5.02 Å². The zero-order chi connectivity index (χ0) is 13.1. The number of halogens is 5. The van der Waals surface area contributed by atoms with E-state index in [4.69, 9.17) is 23.2 Å². The number of ketones is 1. The van der Waals surface area contributed by atoms with Crippen molar-refractivity contribution in [2.24, 2.45) is 0 Å². The fourth-order valence-electron chi connectivity index (χ4n) is 1.14. The summed E-state index contributed by atoms with van der Waals surface area (Å²) in [6, 6.07) is 4.10. The highest BCUT2D eigenvalue weighted by Crippen LogP contribution is 2.40. The zero-order valence-electron chi connectivity index (χ0n) is 8.35. The van der Waals surface area contributed by atoms with E-state index in [9.17, 15) is 18.0 Å². The minimum absolute atomic E-state index is 0.00604. The van der Waals surface area contributed by atoms with E-state index in [0.29, 0.717) is 5.56 Å². The molecule has 0 bridgehead atoms. The van der Waals surface area contributed by atoms with Crippen molar-refractivity contribution in [1.82, 2.24) is 0 Å². The van der Waals surface area contributed by atoms with Crippen LogP contribution in [0.1, 0.15) is 5.56 Å². The highest BCUT2D eigenvalue weighted by atomic mass is 35.5. The number of benzene rings is 1. The van der Waals surface area contributed by atoms with Crippen LogP contribution in [0.5, 0.6) is 0 Å². The Hall–Kier alpha value is -0.390. The van der Waals surface area contributed by atoms with Gasteiger partial charge in [-0.15, -0.1) is 11.6 Å². The van der Waals surface area contributed by atoms with Crippen LogP contribution < -0.4 is 0 Å². The summed E-state index contributed by atoms with van der Waals surface area (Å²) in [6.45, 7) is 0. The Kier molecular flexibility index (Phi) is 5.16. The lowest BCUT2D eigenvalue weighted by Gasteiger charge is -2.09. The average molecular weight is 303 g/mol. The molecule has 0 N–H and O–H groups in total. The van der Waals surface area contributed by atoms with Gasteiger partial charge in [0.2, 0.25) is 0 Å². The summed E-state index contributed by atoms with van der Waals surface area (Å²) in [5.74, 6) is -0.415. The van der Waals surface area contributed by atoms with Gasteiger partial charge in [-0.05, 0) is 29.5 Å². The van der Waals surface area contributed by atoms with Gasteiger partial charge in [-0.3, -0.25) is 4.79 Å². The molecule has 0 spiro atoms. The molecular weight excluding hydrogens is 296 g/mol. The molecule has 0 radical (unpaired) electrons. The van der Waals surface area contributed by atoms with E-state index in [0.717, 1.165) is 0 Å². The van der Waals surface area contributed by atoms with E-state index in [-0.39, 0.29) is 39.8 Å². The van der Waals surface area contributed by atoms with Crippen molar-refractivity contribution < 1.29 is 18.0 Å². The lowest BCUT2D eigenvalue weighted by molar-refractivity contribution is -0.116. The molecule has 7 heteroatoms. The molecule has 0 saturated heterocycles. The number of carbonyl (C=O) groups excluding carboxylic acids is 1. The Morgan fingerprint density at radius 1 is 1.35 bits per heavy atom. The van der Waals surface area contributed by atoms with Gasteiger partial charge in [0.1, 0.15) is 0 Å². The van der Waals surface area contributed by atoms with Crippen molar-refractivity contribution in [3.05, 3.63) is 28.8 Å². The third-order valence-corrected chi connectivity index (χ3v) is 3.30. The second kappa shape index (κ2) is 5.98. The van der Waals surface area contributed by atoms with E-state index in [1.165, 1.54) is 18.2 Å². The summed E-state index contributed by atoms with van der Waals surface area (Å²) >= 11 is 10.7. The molecular formula is C10H7Cl2F3OS. The Balaban J connectivity index is 2.90. The van der Waals surface area contributed by atoms with Crippen molar-refractivity contribution >= 4 is 40.7 Å². The molecule has 0 aliphatic carbocycles. The molecule has 0 atom stereocenters. The minimum Gasteiger partial charge on any atom is -0.298 e. The van der Waals surface area contributed by atoms with E-state index in [1.807, 2.05) is 0 Å². The first-order chi connectivity index (χ1) is 7.81. The zero-order valence-corrected chi connectivity index (χ0v) is 10.7. The van der Waals surface area contributed by atoms with Crippen LogP contribution in [-0.4, -0.2) is 17.2 Å². The molecule has 0 saturated carbocycles. The van der Waals surface area contributed by atoms with E-state index in [1.54, 1.807) is 0 Å². The molecule has 0 heterocycles. The number of alkyl halides is 4. The Morgan fingerprint density at radius 3 is 2.53 bits per heavy atom. The molecule has 94 valence electrons. The van der Waals surface area contributed by atoms with Crippen LogP contribution in [0.25, 0.3) is 0 Å². The molecule has 0 fully saturated rings. The third-order valence-electron chi connectivity index (χ3n) is 1.77. The molecule has 0 aliphatic heterocycles. The fraction of sp³-hybridized carbons (Fsp3) is 0.300. The lowest BCUT2D eigenvalue weighted by atomic mass is 10.1. The summed E-state index contributed by atoms with van der Waals surface area (Å²) < 4.78 is 36.6. The van der Waals surface area contributed by atoms with E-state index >= 15 is 0 Å². The predicted molar refractivity (Wildman–Crippen MR) is 62.8 cm³/mol. The average Bonchev–Trinajstić information content (AvgIpc) is 2.21. The fourth-order valence-corrected chi connectivity index (χ4v) is 2.09. The monoisotopic (exact) mass is 302 g/mol. The third kappa shape index (κ3) is 5.19. The Bertz CT molecular complexity index is 421. The molecule has 0 amide bonds. The Labute approximate surface area is 110 Å². The van der Waals surface area contributed by atoms with Gasteiger partial charge in [-0.1, -0.05) is 17.7 Å². The second-order valence-electron chi connectivity index (χ2n) is 3.16. The van der Waals surface area contributed by atoms with Gasteiger partial charge >= 0.3 is 5.51 Å². The van der Waals surface area contributed by atoms with Crippen LogP contribution in [0.15, 0.2) is 23.1 Å². The number of thioether (sulfide) groups is 1. The minimum atomic E-state index is -4.40. The summed E-state index contributed by atoms with van der Waals surface area (Å²) in [5.41, 5.74) is -3.94. The quantitative estimate of drug-likeness (QED) is 0.609. The van der Waals surface area contributed by atoms with Gasteiger partial charge < -0.3 is 0 Å². The van der Waals surface area contributed by atoms with Gasteiger partial charge in [-0.25, -0.2) is 0 Å². The summed E-state index contributed by atoms with van der Waals surface area (Å²) in [6.07, 6.45) is 0.00604. The standard InChI is InChI=1S/C10H7Cl2F3OS/c11-5-7(16)3-6-1-2-8(12)9(4-6)17-10(13,14)15/h1-2,4H,3,5H2. The van der Waals surface area contributed by atoms with Gasteiger partial charge in [0.05, 0.1) is 10.9 Å². The largest absolute Gasteiger partial charge is 0.446 e. The van der Waals surface area contributed by atoms with Crippen LogP contribution in [-0.2, 0) is 11.2 Å². The Morgan fingerprint density at radius 2 is 2.00 bits per heavy atom. The van der Waals surface area contributed by atoms with Crippen LogP contribution in [0.4, 0.5) is 13.2 Å². The molecule has 1 nitrogen and oxygen atoms in total. The second-order valence-corrected chi connectivity index (χ2v) is 4.94. The van der Waals surface area contributed by atoms with Crippen molar-refractivity contribution in [1.29, 1.82) is 0 Å². The van der Waals surface area contributed by atoms with Crippen LogP contribution in [0, 0.1) is 0 Å². The highest BCUT2D eigenvalue weighted by Gasteiger charge is 2.30. The van der Waals surface area contributed by atoms with Crippen LogP contribution >= 0.6 is 35.0 Å². The lowest BCUT2D eigenvalue weighted by Crippen LogP contribution is -2.04. The topological polar surface area (TPSA) is 17.1 Å². The molecule has 0 aromatic heterocycles. The maximum Gasteiger partial charge on any atom is 0.446 e. The predicted octanol–water partition coefficient (Wildman–Crippen LogP) is 4.30. The molecule has 17 heavy (non-hydrogen) atoms. The smallest absolute Gasteiger partial charge is 0.298 e. The van der Waals surface area contributed by atoms with Gasteiger partial charge in [0.15, 0.2) is 5.78 Å². The first-order valence-corrected chi connectivity index (χ1v) is 6.16. The number of hydrogen-bond donors (Lipinski definition) is 0. The molecule has 1 rings (SSSR count). The van der Waals surface area contributed by atoms with Crippen molar-refractivity contribution in [3.8, 4) is 0 Å². The molecule has 1 aromatic rings. The van der Waals surface area contributed by atoms with E-state index in [2.05, 4.69) is 0 Å². The number of hydrogen-bond acceptors (Lipinski definition) is 2. The van der Waals surface area contributed by atoms with E-state index < -0.39 is 5.51 Å². The van der Waals surface area contributed by atoms with Crippen molar-refractivity contribution in [3.63, 3.8) is 0 Å². The maximum absolute atomic E-state index is 12.2. The van der Waals surface area contributed by atoms with Gasteiger partial charge in [0.25, 0.3) is 0 Å². The van der Waals surface area contributed by atoms with Gasteiger partial charge in [0, 0.05) is 11.3 Å². The molecule has 1 aromatic carbocycles. The first-order valence-electron chi connectivity index (χ1n) is 4.43. The van der Waals surface area contributed by atoms with Crippen LogP contribution in [0.3, 0.4) is 0 Å². The van der Waals surface area contributed by atoms with Crippen molar-refractivity contribution in [2.45, 2.75) is 16.8 Å².